The smallest absolute Gasteiger partial charge is 0.242 e. The first-order valence-electron chi connectivity index (χ1n) is 15.2. The zero-order chi connectivity index (χ0) is 32.0. The van der Waals surface area contributed by atoms with Crippen LogP contribution in [0.2, 0.25) is 0 Å². The van der Waals surface area contributed by atoms with Crippen molar-refractivity contribution in [2.75, 3.05) is 86.1 Å². The maximum Gasteiger partial charge on any atom is 0.242 e. The molecule has 0 aliphatic carbocycles. The van der Waals surface area contributed by atoms with Gasteiger partial charge in [-0.25, -0.2) is 0 Å². The molecule has 1 atom stereocenters. The minimum Gasteiger partial charge on any atom is -0.378 e. The average Bonchev–Trinajstić information content (AvgIpc) is 3.00. The van der Waals surface area contributed by atoms with Crippen LogP contribution in [0.15, 0.2) is 0 Å². The number of ether oxygens (including phenoxy) is 4. The third-order valence-corrected chi connectivity index (χ3v) is 5.86. The number of nitrogens with two attached hydrogens (primary N) is 1. The van der Waals surface area contributed by atoms with Crippen molar-refractivity contribution in [1.29, 1.82) is 0 Å². The topological polar surface area (TPSA) is 208 Å². The Morgan fingerprint density at radius 1 is 0.605 bits per heavy atom. The second kappa shape index (κ2) is 29.2. The van der Waals surface area contributed by atoms with Gasteiger partial charge in [-0.15, -0.1) is 0 Å². The van der Waals surface area contributed by atoms with E-state index in [1.54, 1.807) is 0 Å². The summed E-state index contributed by atoms with van der Waals surface area (Å²) < 4.78 is 21.3. The quantitative estimate of drug-likeness (QED) is 0.0548. The Bertz CT molecular complexity index is 773. The van der Waals surface area contributed by atoms with E-state index in [-0.39, 0.29) is 61.8 Å². The molecule has 0 saturated carbocycles. The van der Waals surface area contributed by atoms with Crippen LogP contribution in [0.4, 0.5) is 0 Å². The van der Waals surface area contributed by atoms with Gasteiger partial charge in [0.1, 0.15) is 6.04 Å². The molecule has 0 fully saturated rings. The number of carbonyl (C=O) groups excluding carboxylic acids is 5. The van der Waals surface area contributed by atoms with Crippen LogP contribution >= 0.6 is 0 Å². The van der Waals surface area contributed by atoms with E-state index in [1.165, 1.54) is 7.05 Å². The highest BCUT2D eigenvalue weighted by Gasteiger charge is 2.19. The fraction of sp³-hybridized carbons (Fsp3) is 0.821. The molecule has 43 heavy (non-hydrogen) atoms. The fourth-order valence-electron chi connectivity index (χ4n) is 3.54. The molecule has 0 radical (unpaired) electrons. The summed E-state index contributed by atoms with van der Waals surface area (Å²) >= 11 is 0. The molecular formula is C28H54N6O9. The lowest BCUT2D eigenvalue weighted by molar-refractivity contribution is -0.130. The fourth-order valence-corrected chi connectivity index (χ4v) is 3.54. The molecule has 0 aliphatic rings. The van der Waals surface area contributed by atoms with Gasteiger partial charge in [0.05, 0.1) is 52.9 Å². The Balaban J connectivity index is 3.64. The lowest BCUT2D eigenvalue weighted by Gasteiger charge is -2.17. The Morgan fingerprint density at radius 2 is 1.02 bits per heavy atom. The lowest BCUT2D eigenvalue weighted by atomic mass is 10.1. The zero-order valence-corrected chi connectivity index (χ0v) is 26.0. The van der Waals surface area contributed by atoms with Gasteiger partial charge in [-0.1, -0.05) is 26.2 Å². The largest absolute Gasteiger partial charge is 0.378 e. The highest BCUT2D eigenvalue weighted by Crippen LogP contribution is 2.04. The van der Waals surface area contributed by atoms with E-state index in [0.717, 1.165) is 19.3 Å². The number of rotatable bonds is 29. The van der Waals surface area contributed by atoms with Crippen molar-refractivity contribution in [3.8, 4) is 0 Å². The molecule has 5 amide bonds. The second-order valence-electron chi connectivity index (χ2n) is 9.52. The molecule has 7 N–H and O–H groups in total. The summed E-state index contributed by atoms with van der Waals surface area (Å²) in [7, 11) is 1.53. The monoisotopic (exact) mass is 618 g/mol. The van der Waals surface area contributed by atoms with Crippen molar-refractivity contribution >= 4 is 29.5 Å². The van der Waals surface area contributed by atoms with Crippen LogP contribution in [-0.4, -0.2) is 122 Å². The predicted molar refractivity (Wildman–Crippen MR) is 160 cm³/mol. The number of amides is 5. The van der Waals surface area contributed by atoms with Crippen molar-refractivity contribution in [3.05, 3.63) is 0 Å². The highest BCUT2D eigenvalue weighted by molar-refractivity contribution is 5.89. The van der Waals surface area contributed by atoms with E-state index in [2.05, 4.69) is 33.5 Å². The molecule has 0 aliphatic heterocycles. The number of hydrogen-bond acceptors (Lipinski definition) is 10. The molecule has 15 heteroatoms. The van der Waals surface area contributed by atoms with Gasteiger partial charge in [0.25, 0.3) is 0 Å². The highest BCUT2D eigenvalue weighted by atomic mass is 16.5. The van der Waals surface area contributed by atoms with E-state index in [0.29, 0.717) is 78.8 Å². The van der Waals surface area contributed by atoms with Crippen LogP contribution in [0.5, 0.6) is 0 Å². The molecular weight excluding hydrogens is 564 g/mol. The Kier molecular flexibility index (Phi) is 27.3. The van der Waals surface area contributed by atoms with Gasteiger partial charge >= 0.3 is 0 Å². The van der Waals surface area contributed by atoms with Crippen molar-refractivity contribution in [2.45, 2.75) is 64.3 Å². The molecule has 0 spiro atoms. The maximum absolute atomic E-state index is 12.2. The van der Waals surface area contributed by atoms with Crippen LogP contribution in [-0.2, 0) is 42.9 Å². The Morgan fingerprint density at radius 3 is 1.42 bits per heavy atom. The summed E-state index contributed by atoms with van der Waals surface area (Å²) in [4.78, 5) is 59.7. The van der Waals surface area contributed by atoms with E-state index < -0.39 is 6.04 Å². The summed E-state index contributed by atoms with van der Waals surface area (Å²) in [5, 5.41) is 13.3. The van der Waals surface area contributed by atoms with E-state index >= 15 is 0 Å². The maximum atomic E-state index is 12.2. The predicted octanol–water partition coefficient (Wildman–Crippen LogP) is -1.27. The number of unbranched alkanes of at least 4 members (excludes halogenated alkanes) is 2. The molecule has 0 heterocycles. The van der Waals surface area contributed by atoms with Crippen molar-refractivity contribution < 1.29 is 42.9 Å². The Hall–Kier alpha value is -2.85. The lowest BCUT2D eigenvalue weighted by Crippen LogP contribution is -2.45. The number of carbonyl (C=O) groups is 5. The normalized spacial score (nSPS) is 11.4. The zero-order valence-electron chi connectivity index (χ0n) is 26.0. The molecule has 0 bridgehead atoms. The van der Waals surface area contributed by atoms with Gasteiger partial charge in [0, 0.05) is 58.9 Å². The minimum absolute atomic E-state index is 0.00594. The first-order valence-corrected chi connectivity index (χ1v) is 15.2. The minimum atomic E-state index is -0.590. The van der Waals surface area contributed by atoms with Gasteiger partial charge in [-0.3, -0.25) is 24.0 Å². The number of nitrogens with one attached hydrogen (secondary N) is 5. The first-order chi connectivity index (χ1) is 20.8. The van der Waals surface area contributed by atoms with Gasteiger partial charge in [0.2, 0.25) is 29.5 Å². The SMILES string of the molecule is CCCCC[C@H](NC(=O)CCC(=O)NCCOCCOCCNC(=O)CCC(=O)NCCOCCOCCN)C(=O)NC. The van der Waals surface area contributed by atoms with Crippen molar-refractivity contribution in [3.63, 3.8) is 0 Å². The van der Waals surface area contributed by atoms with Crippen LogP contribution in [0.25, 0.3) is 0 Å². The summed E-state index contributed by atoms with van der Waals surface area (Å²) in [6.07, 6.45) is 3.57. The van der Waals surface area contributed by atoms with Crippen LogP contribution < -0.4 is 32.3 Å². The molecule has 0 aromatic heterocycles. The van der Waals surface area contributed by atoms with Crippen LogP contribution in [0.1, 0.15) is 58.3 Å². The second-order valence-corrected chi connectivity index (χ2v) is 9.52. The summed E-state index contributed by atoms with van der Waals surface area (Å²) in [6, 6.07) is -0.590. The summed E-state index contributed by atoms with van der Waals surface area (Å²) in [6.45, 7) is 6.44. The molecule has 0 unspecified atom stereocenters. The molecule has 0 rings (SSSR count). The molecule has 15 nitrogen and oxygen atoms in total. The van der Waals surface area contributed by atoms with Crippen LogP contribution in [0, 0.1) is 0 Å². The third-order valence-electron chi connectivity index (χ3n) is 5.86. The van der Waals surface area contributed by atoms with E-state index in [1.807, 2.05) is 0 Å². The van der Waals surface area contributed by atoms with Crippen molar-refractivity contribution in [1.82, 2.24) is 26.6 Å². The Labute approximate surface area is 255 Å². The molecule has 0 aromatic rings. The molecule has 0 saturated heterocycles. The van der Waals surface area contributed by atoms with Gasteiger partial charge in [0.15, 0.2) is 0 Å². The standard InChI is InChI=1S/C28H54N6O9/c1-3-4-5-6-23(28(39)30-2)34-27(38)10-9-26(37)33-14-18-43-22-21-42-17-13-32-25(36)8-7-24(35)31-12-16-41-20-19-40-15-11-29/h23H,3-22,29H2,1-2H3,(H,30,39)(H,31,35)(H,32,36)(H,33,37)(H,34,38)/t23-/m0/s1. The number of hydrogen-bond donors (Lipinski definition) is 6. The molecule has 250 valence electrons. The summed E-state index contributed by atoms with van der Waals surface area (Å²) in [5.41, 5.74) is 5.31. The number of likely N-dealkylation sites (N-methyl/N-ethyl adjacent to an activating group) is 1. The molecule has 0 aromatic carbocycles. The first kappa shape index (κ1) is 40.1. The summed E-state index contributed by atoms with van der Waals surface area (Å²) in [5.74, 6) is -1.32. The van der Waals surface area contributed by atoms with Crippen molar-refractivity contribution in [2.24, 2.45) is 5.73 Å². The van der Waals surface area contributed by atoms with E-state index in [9.17, 15) is 24.0 Å². The van der Waals surface area contributed by atoms with Crippen LogP contribution in [0.3, 0.4) is 0 Å². The third kappa shape index (κ3) is 26.5. The van der Waals surface area contributed by atoms with E-state index in [4.69, 9.17) is 24.7 Å². The van der Waals surface area contributed by atoms with Gasteiger partial charge in [-0.2, -0.15) is 0 Å². The van der Waals surface area contributed by atoms with Gasteiger partial charge in [-0.05, 0) is 6.42 Å². The average molecular weight is 619 g/mol. The van der Waals surface area contributed by atoms with Gasteiger partial charge < -0.3 is 51.3 Å².